The minimum atomic E-state index is -0.181. The molecule has 0 saturated heterocycles. The van der Waals surface area contributed by atoms with Crippen molar-refractivity contribution in [2.45, 2.75) is 56.6 Å². The minimum Gasteiger partial charge on any atom is -0.489 e. The quantitative estimate of drug-likeness (QED) is 0.897. The van der Waals surface area contributed by atoms with Crippen LogP contribution < -0.4 is 10.5 Å². The van der Waals surface area contributed by atoms with Crippen molar-refractivity contribution in [3.05, 3.63) is 28.8 Å². The molecule has 3 heteroatoms. The number of rotatable bonds is 3. The topological polar surface area (TPSA) is 35.2 Å². The first-order valence-corrected chi connectivity index (χ1v) is 7.31. The highest BCUT2D eigenvalue weighted by molar-refractivity contribution is 6.32. The van der Waals surface area contributed by atoms with Crippen LogP contribution in [-0.4, -0.2) is 6.10 Å². The van der Waals surface area contributed by atoms with Crippen molar-refractivity contribution < 1.29 is 4.74 Å². The predicted octanol–water partition coefficient (Wildman–Crippen LogP) is 4.00. The first-order chi connectivity index (χ1) is 8.67. The Labute approximate surface area is 113 Å². The minimum absolute atomic E-state index is 0.181. The van der Waals surface area contributed by atoms with Crippen molar-refractivity contribution in [2.75, 3.05) is 0 Å². The third-order valence-corrected chi connectivity index (χ3v) is 4.37. The summed E-state index contributed by atoms with van der Waals surface area (Å²) >= 11 is 6.30. The van der Waals surface area contributed by atoms with E-state index in [0.29, 0.717) is 11.1 Å². The van der Waals surface area contributed by atoms with E-state index in [9.17, 15) is 0 Å². The van der Waals surface area contributed by atoms with Gasteiger partial charge in [-0.05, 0) is 43.4 Å². The average Bonchev–Trinajstić information content (AvgIpc) is 3.17. The van der Waals surface area contributed by atoms with E-state index < -0.39 is 0 Å². The molecule has 1 aromatic rings. The van der Waals surface area contributed by atoms with Crippen molar-refractivity contribution in [3.8, 4) is 5.75 Å². The van der Waals surface area contributed by atoms with Crippen LogP contribution in [0.25, 0.3) is 0 Å². The lowest BCUT2D eigenvalue weighted by Crippen LogP contribution is -2.38. The third-order valence-electron chi connectivity index (χ3n) is 4.07. The Morgan fingerprint density at radius 2 is 1.89 bits per heavy atom. The Bertz CT molecular complexity index is 436. The number of halogens is 1. The fourth-order valence-corrected chi connectivity index (χ4v) is 2.97. The van der Waals surface area contributed by atoms with Crippen LogP contribution in [0.4, 0.5) is 0 Å². The van der Waals surface area contributed by atoms with Crippen LogP contribution in [0.1, 0.15) is 50.5 Å². The van der Waals surface area contributed by atoms with Gasteiger partial charge >= 0.3 is 0 Å². The molecule has 2 aliphatic carbocycles. The van der Waals surface area contributed by atoms with Gasteiger partial charge in [-0.1, -0.05) is 36.9 Å². The van der Waals surface area contributed by atoms with E-state index in [1.807, 2.05) is 12.1 Å². The molecule has 0 aliphatic heterocycles. The highest BCUT2D eigenvalue weighted by Gasteiger charge is 2.30. The summed E-state index contributed by atoms with van der Waals surface area (Å²) in [6.45, 7) is 0. The van der Waals surface area contributed by atoms with Crippen molar-refractivity contribution >= 4 is 11.6 Å². The highest BCUT2D eigenvalue weighted by atomic mass is 35.5. The normalized spacial score (nSPS) is 22.8. The molecular weight excluding hydrogens is 246 g/mol. The van der Waals surface area contributed by atoms with Gasteiger partial charge in [0.25, 0.3) is 0 Å². The first-order valence-electron chi connectivity index (χ1n) is 6.93. The summed E-state index contributed by atoms with van der Waals surface area (Å²) in [4.78, 5) is 0. The second kappa shape index (κ2) is 4.75. The van der Waals surface area contributed by atoms with Gasteiger partial charge in [0, 0.05) is 5.54 Å². The van der Waals surface area contributed by atoms with Gasteiger partial charge < -0.3 is 10.5 Å². The van der Waals surface area contributed by atoms with Crippen LogP contribution in [0.3, 0.4) is 0 Å². The van der Waals surface area contributed by atoms with Gasteiger partial charge in [-0.3, -0.25) is 0 Å². The maximum absolute atomic E-state index is 6.51. The zero-order valence-electron chi connectivity index (χ0n) is 10.6. The summed E-state index contributed by atoms with van der Waals surface area (Å²) in [5.41, 5.74) is 7.50. The molecule has 0 aromatic heterocycles. The summed E-state index contributed by atoms with van der Waals surface area (Å²) in [7, 11) is 0. The molecule has 0 bridgehead atoms. The van der Waals surface area contributed by atoms with Gasteiger partial charge in [-0.15, -0.1) is 0 Å². The van der Waals surface area contributed by atoms with Gasteiger partial charge in [-0.2, -0.15) is 0 Å². The lowest BCUT2D eigenvalue weighted by molar-refractivity contribution is 0.296. The van der Waals surface area contributed by atoms with Crippen molar-refractivity contribution in [3.63, 3.8) is 0 Å². The van der Waals surface area contributed by atoms with E-state index in [-0.39, 0.29) is 5.54 Å². The van der Waals surface area contributed by atoms with Crippen LogP contribution in [0, 0.1) is 0 Å². The fourth-order valence-electron chi connectivity index (χ4n) is 2.74. The predicted molar refractivity (Wildman–Crippen MR) is 74.1 cm³/mol. The summed E-state index contributed by atoms with van der Waals surface area (Å²) in [6, 6.07) is 6.08. The average molecular weight is 266 g/mol. The van der Waals surface area contributed by atoms with Crippen LogP contribution in [0.15, 0.2) is 18.2 Å². The molecule has 0 amide bonds. The van der Waals surface area contributed by atoms with E-state index in [0.717, 1.165) is 37.0 Å². The molecule has 1 aromatic carbocycles. The highest BCUT2D eigenvalue weighted by Crippen LogP contribution is 2.39. The van der Waals surface area contributed by atoms with Gasteiger partial charge in [-0.25, -0.2) is 0 Å². The molecule has 2 aliphatic rings. The Morgan fingerprint density at radius 3 is 2.50 bits per heavy atom. The third kappa shape index (κ3) is 2.50. The summed E-state index contributed by atoms with van der Waals surface area (Å²) in [5, 5.41) is 0.704. The van der Waals surface area contributed by atoms with Gasteiger partial charge in [0.2, 0.25) is 0 Å². The fraction of sp³-hybridized carbons (Fsp3) is 0.600. The molecule has 2 nitrogen and oxygen atoms in total. The molecule has 0 unspecified atom stereocenters. The van der Waals surface area contributed by atoms with E-state index >= 15 is 0 Å². The van der Waals surface area contributed by atoms with Crippen molar-refractivity contribution in [1.82, 2.24) is 0 Å². The Morgan fingerprint density at radius 1 is 1.17 bits per heavy atom. The standard InChI is InChI=1S/C15H20ClNO/c16-13-10-11(15(17)8-2-1-3-9-15)4-7-14(13)18-12-5-6-12/h4,7,10,12H,1-3,5-6,8-9,17H2. The Hall–Kier alpha value is -0.730. The molecule has 0 atom stereocenters. The van der Waals surface area contributed by atoms with Crippen LogP contribution in [-0.2, 0) is 5.54 Å². The molecule has 3 rings (SSSR count). The molecular formula is C15H20ClNO. The van der Waals surface area contributed by atoms with E-state index in [1.165, 1.54) is 19.3 Å². The van der Waals surface area contributed by atoms with E-state index in [2.05, 4.69) is 6.07 Å². The lowest BCUT2D eigenvalue weighted by Gasteiger charge is -2.34. The molecule has 0 radical (unpaired) electrons. The van der Waals surface area contributed by atoms with Crippen LogP contribution >= 0.6 is 11.6 Å². The SMILES string of the molecule is NC1(c2ccc(OC3CC3)c(Cl)c2)CCCCC1. The number of nitrogens with two attached hydrogens (primary N) is 1. The maximum atomic E-state index is 6.51. The lowest BCUT2D eigenvalue weighted by atomic mass is 9.77. The summed E-state index contributed by atoms with van der Waals surface area (Å²) in [5.74, 6) is 0.808. The Balaban J connectivity index is 1.81. The molecule has 18 heavy (non-hydrogen) atoms. The van der Waals surface area contributed by atoms with Crippen LogP contribution in [0.5, 0.6) is 5.75 Å². The maximum Gasteiger partial charge on any atom is 0.138 e. The van der Waals surface area contributed by atoms with Crippen molar-refractivity contribution in [2.24, 2.45) is 5.73 Å². The summed E-state index contributed by atoms with van der Waals surface area (Å²) in [6.07, 6.45) is 8.55. The first kappa shape index (κ1) is 12.3. The monoisotopic (exact) mass is 265 g/mol. The molecule has 98 valence electrons. The Kier molecular flexibility index (Phi) is 3.25. The molecule has 2 saturated carbocycles. The molecule has 0 heterocycles. The largest absolute Gasteiger partial charge is 0.489 e. The second-order valence-corrected chi connectivity index (χ2v) is 6.09. The van der Waals surface area contributed by atoms with Gasteiger partial charge in [0.05, 0.1) is 11.1 Å². The molecule has 0 spiro atoms. The number of hydrogen-bond donors (Lipinski definition) is 1. The van der Waals surface area contributed by atoms with Gasteiger partial charge in [0.1, 0.15) is 5.75 Å². The van der Waals surface area contributed by atoms with Crippen LogP contribution in [0.2, 0.25) is 5.02 Å². The number of benzene rings is 1. The van der Waals surface area contributed by atoms with Gasteiger partial charge in [0.15, 0.2) is 0 Å². The zero-order chi connectivity index (χ0) is 12.6. The van der Waals surface area contributed by atoms with E-state index in [1.54, 1.807) is 0 Å². The summed E-state index contributed by atoms with van der Waals surface area (Å²) < 4.78 is 5.76. The van der Waals surface area contributed by atoms with E-state index in [4.69, 9.17) is 22.1 Å². The smallest absolute Gasteiger partial charge is 0.138 e. The number of hydrogen-bond acceptors (Lipinski definition) is 2. The van der Waals surface area contributed by atoms with Crippen molar-refractivity contribution in [1.29, 1.82) is 0 Å². The number of ether oxygens (including phenoxy) is 1. The second-order valence-electron chi connectivity index (χ2n) is 5.68. The molecule has 2 N–H and O–H groups in total. The zero-order valence-corrected chi connectivity index (χ0v) is 11.4. The molecule has 2 fully saturated rings.